The lowest BCUT2D eigenvalue weighted by atomic mass is 9.92. The molecule has 1 heterocycles. The molecule has 1 aliphatic rings. The summed E-state index contributed by atoms with van der Waals surface area (Å²) in [6.45, 7) is 8.97. The minimum Gasteiger partial charge on any atom is -0.503 e. The van der Waals surface area contributed by atoms with E-state index in [1.165, 1.54) is 4.90 Å². The molecule has 1 aromatic rings. The van der Waals surface area contributed by atoms with Gasteiger partial charge in [0.05, 0.1) is 31.9 Å². The van der Waals surface area contributed by atoms with Crippen molar-refractivity contribution in [2.45, 2.75) is 40.2 Å². The maximum absolute atomic E-state index is 13.0. The summed E-state index contributed by atoms with van der Waals surface area (Å²) in [5.74, 6) is 0.229. The van der Waals surface area contributed by atoms with Crippen LogP contribution >= 0.6 is 0 Å². The van der Waals surface area contributed by atoms with Crippen LogP contribution in [0.15, 0.2) is 29.5 Å². The third-order valence-electron chi connectivity index (χ3n) is 4.81. The molecule has 0 aliphatic carbocycles. The van der Waals surface area contributed by atoms with E-state index < -0.39 is 17.7 Å². The number of carbonyl (C=O) groups is 2. The Balaban J connectivity index is 2.52. The summed E-state index contributed by atoms with van der Waals surface area (Å²) in [5.41, 5.74) is 0.806. The van der Waals surface area contributed by atoms with Crippen molar-refractivity contribution in [1.29, 1.82) is 0 Å². The molecule has 1 amide bonds. The monoisotopic (exact) mass is 419 g/mol. The first kappa shape index (κ1) is 23.7. The number of nitrogens with zero attached hydrogens (tertiary/aromatic N) is 1. The number of benzene rings is 1. The number of aliphatic hydroxyl groups excluding tert-OH is 1. The summed E-state index contributed by atoms with van der Waals surface area (Å²) in [6.07, 6.45) is 0.244. The second kappa shape index (κ2) is 10.5. The minimum atomic E-state index is -0.703. The highest BCUT2D eigenvalue weighted by Crippen LogP contribution is 2.41. The molecule has 0 saturated carbocycles. The van der Waals surface area contributed by atoms with Crippen LogP contribution in [0.2, 0.25) is 0 Å². The molecule has 7 nitrogen and oxygen atoms in total. The SMILES string of the molecule is COCCN1C(=O)C(O)=C(C(=O)CC(C)C)C1c1ccc(OC)c(OCC(C)C)c1. The third-order valence-corrected chi connectivity index (χ3v) is 4.81. The first-order valence-corrected chi connectivity index (χ1v) is 10.3. The highest BCUT2D eigenvalue weighted by atomic mass is 16.5. The van der Waals surface area contributed by atoms with E-state index in [1.54, 1.807) is 32.4 Å². The number of rotatable bonds is 11. The molecule has 0 bridgehead atoms. The van der Waals surface area contributed by atoms with Crippen LogP contribution in [0.3, 0.4) is 0 Å². The van der Waals surface area contributed by atoms with Crippen molar-refractivity contribution in [1.82, 2.24) is 4.90 Å². The lowest BCUT2D eigenvalue weighted by molar-refractivity contribution is -0.130. The van der Waals surface area contributed by atoms with E-state index in [1.807, 2.05) is 27.7 Å². The van der Waals surface area contributed by atoms with Crippen LogP contribution in [0.5, 0.6) is 11.5 Å². The number of amides is 1. The first-order chi connectivity index (χ1) is 14.2. The van der Waals surface area contributed by atoms with Crippen LogP contribution in [-0.4, -0.2) is 55.7 Å². The quantitative estimate of drug-likeness (QED) is 0.589. The predicted molar refractivity (Wildman–Crippen MR) is 114 cm³/mol. The number of methoxy groups -OCH3 is 2. The Labute approximate surface area is 178 Å². The summed E-state index contributed by atoms with van der Waals surface area (Å²) in [4.78, 5) is 27.2. The highest BCUT2D eigenvalue weighted by molar-refractivity contribution is 6.09. The number of hydrogen-bond acceptors (Lipinski definition) is 6. The van der Waals surface area contributed by atoms with E-state index in [9.17, 15) is 14.7 Å². The molecule has 0 fully saturated rings. The maximum atomic E-state index is 13.0. The van der Waals surface area contributed by atoms with Gasteiger partial charge in [-0.15, -0.1) is 0 Å². The first-order valence-electron chi connectivity index (χ1n) is 10.3. The molecule has 30 heavy (non-hydrogen) atoms. The molecule has 166 valence electrons. The fourth-order valence-corrected chi connectivity index (χ4v) is 3.42. The van der Waals surface area contributed by atoms with Crippen molar-refractivity contribution in [2.24, 2.45) is 11.8 Å². The molecular weight excluding hydrogens is 386 g/mol. The Morgan fingerprint density at radius 2 is 1.83 bits per heavy atom. The predicted octanol–water partition coefficient (Wildman–Crippen LogP) is 3.69. The summed E-state index contributed by atoms with van der Waals surface area (Å²) in [7, 11) is 3.10. The summed E-state index contributed by atoms with van der Waals surface area (Å²) >= 11 is 0. The van der Waals surface area contributed by atoms with Gasteiger partial charge in [0.15, 0.2) is 23.0 Å². The van der Waals surface area contributed by atoms with Crippen molar-refractivity contribution in [2.75, 3.05) is 34.0 Å². The number of Topliss-reactive ketones (excluding diaryl/α,β-unsaturated/α-hetero) is 1. The summed E-state index contributed by atoms with van der Waals surface area (Å²) < 4.78 is 16.4. The lowest BCUT2D eigenvalue weighted by Crippen LogP contribution is -2.34. The number of ketones is 1. The molecular formula is C23H33NO6. The highest BCUT2D eigenvalue weighted by Gasteiger charge is 2.43. The van der Waals surface area contributed by atoms with E-state index >= 15 is 0 Å². The average Bonchev–Trinajstić information content (AvgIpc) is 2.94. The zero-order chi connectivity index (χ0) is 22.4. The van der Waals surface area contributed by atoms with Gasteiger partial charge in [0.1, 0.15) is 0 Å². The Morgan fingerprint density at radius 3 is 2.40 bits per heavy atom. The molecule has 0 aromatic heterocycles. The summed E-state index contributed by atoms with van der Waals surface area (Å²) in [6, 6.07) is 4.62. The zero-order valence-electron chi connectivity index (χ0n) is 18.7. The fourth-order valence-electron chi connectivity index (χ4n) is 3.42. The maximum Gasteiger partial charge on any atom is 0.290 e. The van der Waals surface area contributed by atoms with Crippen molar-refractivity contribution in [3.05, 3.63) is 35.1 Å². The van der Waals surface area contributed by atoms with Crippen LogP contribution in [0, 0.1) is 11.8 Å². The van der Waals surface area contributed by atoms with Crippen molar-refractivity contribution < 1.29 is 28.9 Å². The number of hydrogen-bond donors (Lipinski definition) is 1. The van der Waals surface area contributed by atoms with Crippen LogP contribution in [0.4, 0.5) is 0 Å². The molecule has 2 rings (SSSR count). The normalized spacial score (nSPS) is 16.7. The molecule has 1 atom stereocenters. The Hall–Kier alpha value is -2.54. The molecule has 7 heteroatoms. The summed E-state index contributed by atoms with van der Waals surface area (Å²) in [5, 5.41) is 10.6. The molecule has 1 aromatic carbocycles. The molecule has 0 spiro atoms. The van der Waals surface area contributed by atoms with Gasteiger partial charge in [0.25, 0.3) is 5.91 Å². The Bertz CT molecular complexity index is 799. The molecule has 1 aliphatic heterocycles. The van der Waals surface area contributed by atoms with Gasteiger partial charge in [0.2, 0.25) is 0 Å². The van der Waals surface area contributed by atoms with Crippen LogP contribution in [0.25, 0.3) is 0 Å². The van der Waals surface area contributed by atoms with Gasteiger partial charge in [-0.1, -0.05) is 33.8 Å². The van der Waals surface area contributed by atoms with Crippen LogP contribution in [0.1, 0.15) is 45.7 Å². The van der Waals surface area contributed by atoms with Gasteiger partial charge < -0.3 is 24.2 Å². The van der Waals surface area contributed by atoms with Gasteiger partial charge in [-0.2, -0.15) is 0 Å². The van der Waals surface area contributed by atoms with Crippen molar-refractivity contribution >= 4 is 11.7 Å². The largest absolute Gasteiger partial charge is 0.503 e. The zero-order valence-corrected chi connectivity index (χ0v) is 18.7. The smallest absolute Gasteiger partial charge is 0.290 e. The van der Waals surface area contributed by atoms with E-state index in [-0.39, 0.29) is 36.8 Å². The standard InChI is InChI=1S/C23H33NO6/c1-14(2)11-17(25)20-21(24(9-10-28-5)23(27)22(20)26)16-7-8-18(29-6)19(12-16)30-13-15(3)4/h7-8,12,14-15,21,26H,9-11,13H2,1-6H3. The molecule has 1 N–H and O–H groups in total. The molecule has 0 radical (unpaired) electrons. The minimum absolute atomic E-state index is 0.0994. The fraction of sp³-hybridized carbons (Fsp3) is 0.565. The Morgan fingerprint density at radius 1 is 1.13 bits per heavy atom. The average molecular weight is 420 g/mol. The van der Waals surface area contributed by atoms with E-state index in [0.29, 0.717) is 29.6 Å². The van der Waals surface area contributed by atoms with Gasteiger partial charge in [-0.05, 0) is 29.5 Å². The second-order valence-corrected chi connectivity index (χ2v) is 8.29. The molecule has 0 saturated heterocycles. The number of aliphatic hydroxyl groups is 1. The van der Waals surface area contributed by atoms with Crippen LogP contribution in [-0.2, 0) is 14.3 Å². The second-order valence-electron chi connectivity index (χ2n) is 8.29. The van der Waals surface area contributed by atoms with E-state index in [4.69, 9.17) is 14.2 Å². The van der Waals surface area contributed by atoms with Crippen LogP contribution < -0.4 is 9.47 Å². The van der Waals surface area contributed by atoms with Gasteiger partial charge in [0, 0.05) is 20.1 Å². The van der Waals surface area contributed by atoms with Gasteiger partial charge >= 0.3 is 0 Å². The van der Waals surface area contributed by atoms with Crippen molar-refractivity contribution in [3.8, 4) is 11.5 Å². The van der Waals surface area contributed by atoms with Gasteiger partial charge in [-0.3, -0.25) is 9.59 Å². The van der Waals surface area contributed by atoms with Gasteiger partial charge in [-0.25, -0.2) is 0 Å². The number of ether oxygens (including phenoxy) is 3. The topological polar surface area (TPSA) is 85.3 Å². The molecule has 1 unspecified atom stereocenters. The third kappa shape index (κ3) is 5.33. The number of carbonyl (C=O) groups excluding carboxylic acids is 2. The van der Waals surface area contributed by atoms with E-state index in [0.717, 1.165) is 0 Å². The van der Waals surface area contributed by atoms with Crippen molar-refractivity contribution in [3.63, 3.8) is 0 Å². The lowest BCUT2D eigenvalue weighted by Gasteiger charge is -2.27. The van der Waals surface area contributed by atoms with E-state index in [2.05, 4.69) is 0 Å². The Kier molecular flexibility index (Phi) is 8.29.